The number of carboxylic acid groups (broad SMARTS) is 1. The highest BCUT2D eigenvalue weighted by Crippen LogP contribution is 2.29. The Labute approximate surface area is 140 Å². The minimum absolute atomic E-state index is 0.314. The van der Waals surface area contributed by atoms with Crippen LogP contribution < -0.4 is 4.74 Å². The Balaban J connectivity index is 1.72. The van der Waals surface area contributed by atoms with Crippen molar-refractivity contribution in [2.75, 3.05) is 0 Å². The van der Waals surface area contributed by atoms with Crippen LogP contribution in [0.1, 0.15) is 25.1 Å². The van der Waals surface area contributed by atoms with E-state index in [-0.39, 0.29) is 11.7 Å². The molecule has 9 heteroatoms. The Hall–Kier alpha value is -2.84. The van der Waals surface area contributed by atoms with Crippen LogP contribution in [-0.4, -0.2) is 32.2 Å². The van der Waals surface area contributed by atoms with Gasteiger partial charge in [-0.3, -0.25) is 4.79 Å². The second-order valence-electron chi connectivity index (χ2n) is 5.59. The van der Waals surface area contributed by atoms with Crippen molar-refractivity contribution in [1.29, 1.82) is 0 Å². The van der Waals surface area contributed by atoms with Gasteiger partial charge in [0, 0.05) is 0 Å². The van der Waals surface area contributed by atoms with Crippen LogP contribution in [0.5, 0.6) is 5.75 Å². The highest BCUT2D eigenvalue weighted by Gasteiger charge is 2.31. The average Bonchev–Trinajstić information content (AvgIpc) is 3.04. The van der Waals surface area contributed by atoms with Crippen LogP contribution >= 0.6 is 0 Å². The lowest BCUT2D eigenvalue weighted by Crippen LogP contribution is -2.17. The minimum atomic E-state index is -4.73. The van der Waals surface area contributed by atoms with Crippen LogP contribution in [0.4, 0.5) is 13.2 Å². The third-order valence-electron chi connectivity index (χ3n) is 3.87. The fourth-order valence-corrected chi connectivity index (χ4v) is 2.60. The molecule has 1 heterocycles. The molecule has 1 aromatic heterocycles. The molecular formula is C16H14F3N3O3. The summed E-state index contributed by atoms with van der Waals surface area (Å²) in [5.74, 6) is -1.02. The Morgan fingerprint density at radius 1 is 1.28 bits per heavy atom. The van der Waals surface area contributed by atoms with Gasteiger partial charge in [0.1, 0.15) is 12.1 Å². The number of ether oxygens (including phenoxy) is 1. The van der Waals surface area contributed by atoms with Crippen molar-refractivity contribution in [3.05, 3.63) is 42.5 Å². The molecule has 0 amide bonds. The number of hydrogen-bond donors (Lipinski definition) is 1. The zero-order chi connectivity index (χ0) is 18.0. The van der Waals surface area contributed by atoms with E-state index in [1.54, 1.807) is 0 Å². The van der Waals surface area contributed by atoms with Crippen LogP contribution in [-0.2, 0) is 4.79 Å². The summed E-state index contributed by atoms with van der Waals surface area (Å²) in [6.45, 7) is 0. The predicted molar refractivity (Wildman–Crippen MR) is 81.0 cm³/mol. The maximum Gasteiger partial charge on any atom is 0.573 e. The second-order valence-corrected chi connectivity index (χ2v) is 5.59. The SMILES string of the molecule is O=C(O)C1CC=C(c2ncn(-c3ccc(OC(F)(F)F)cc3)n2)CC1. The summed E-state index contributed by atoms with van der Waals surface area (Å²) in [5.41, 5.74) is 1.40. The Morgan fingerprint density at radius 2 is 2.00 bits per heavy atom. The van der Waals surface area contributed by atoms with Gasteiger partial charge in [0.25, 0.3) is 0 Å². The van der Waals surface area contributed by atoms with E-state index in [1.165, 1.54) is 35.3 Å². The molecule has 0 saturated carbocycles. The number of carboxylic acids is 1. The van der Waals surface area contributed by atoms with E-state index in [1.807, 2.05) is 6.08 Å². The van der Waals surface area contributed by atoms with Gasteiger partial charge in [0.15, 0.2) is 5.82 Å². The molecule has 3 rings (SSSR count). The molecule has 0 saturated heterocycles. The molecule has 1 aromatic carbocycles. The number of halogens is 3. The standard InChI is InChI=1S/C16H14F3N3O3/c17-16(18,19)25-13-7-5-12(6-8-13)22-9-20-14(21-22)10-1-3-11(4-2-10)15(23)24/h1,5-9,11H,2-4H2,(H,23,24). The zero-order valence-electron chi connectivity index (χ0n) is 12.9. The Morgan fingerprint density at radius 3 is 2.56 bits per heavy atom. The normalized spacial score (nSPS) is 17.9. The van der Waals surface area contributed by atoms with Crippen molar-refractivity contribution >= 4 is 11.5 Å². The van der Waals surface area contributed by atoms with Crippen LogP contribution in [0.15, 0.2) is 36.7 Å². The van der Waals surface area contributed by atoms with Crippen LogP contribution in [0, 0.1) is 5.92 Å². The maximum atomic E-state index is 12.2. The first-order chi connectivity index (χ1) is 11.8. The lowest BCUT2D eigenvalue weighted by molar-refractivity contribution is -0.274. The lowest BCUT2D eigenvalue weighted by atomic mass is 9.89. The Kier molecular flexibility index (Phi) is 4.47. The van der Waals surface area contributed by atoms with E-state index in [9.17, 15) is 18.0 Å². The predicted octanol–water partition coefficient (Wildman–Crippen LogP) is 3.43. The van der Waals surface area contributed by atoms with Gasteiger partial charge in [-0.05, 0) is 49.1 Å². The lowest BCUT2D eigenvalue weighted by Gasteiger charge is -2.16. The van der Waals surface area contributed by atoms with E-state index >= 15 is 0 Å². The van der Waals surface area contributed by atoms with Crippen molar-refractivity contribution < 1.29 is 27.8 Å². The van der Waals surface area contributed by atoms with Crippen molar-refractivity contribution in [1.82, 2.24) is 14.8 Å². The summed E-state index contributed by atoms with van der Waals surface area (Å²) < 4.78 is 41.7. The number of allylic oxidation sites excluding steroid dienone is 2. The Bertz CT molecular complexity index is 797. The van der Waals surface area contributed by atoms with Crippen molar-refractivity contribution in [2.24, 2.45) is 5.92 Å². The molecule has 0 bridgehead atoms. The van der Waals surface area contributed by atoms with Gasteiger partial charge < -0.3 is 9.84 Å². The van der Waals surface area contributed by atoms with Gasteiger partial charge in [-0.2, -0.15) is 0 Å². The van der Waals surface area contributed by atoms with E-state index in [2.05, 4.69) is 14.8 Å². The van der Waals surface area contributed by atoms with Crippen LogP contribution in [0.2, 0.25) is 0 Å². The van der Waals surface area contributed by atoms with Gasteiger partial charge in [0.2, 0.25) is 0 Å². The molecule has 1 atom stereocenters. The molecular weight excluding hydrogens is 339 g/mol. The van der Waals surface area contributed by atoms with Gasteiger partial charge in [-0.1, -0.05) is 6.08 Å². The van der Waals surface area contributed by atoms with Gasteiger partial charge in [-0.25, -0.2) is 9.67 Å². The summed E-state index contributed by atoms with van der Waals surface area (Å²) >= 11 is 0. The van der Waals surface area contributed by atoms with E-state index in [4.69, 9.17) is 5.11 Å². The molecule has 0 radical (unpaired) electrons. The van der Waals surface area contributed by atoms with Crippen molar-refractivity contribution in [3.8, 4) is 11.4 Å². The topological polar surface area (TPSA) is 77.2 Å². The summed E-state index contributed by atoms with van der Waals surface area (Å²) in [6.07, 6.45) is 0.0751. The smallest absolute Gasteiger partial charge is 0.481 e. The quantitative estimate of drug-likeness (QED) is 0.911. The number of alkyl halides is 3. The number of rotatable bonds is 4. The maximum absolute atomic E-state index is 12.2. The van der Waals surface area contributed by atoms with E-state index < -0.39 is 12.3 Å². The third kappa shape index (κ3) is 4.17. The molecule has 0 aliphatic heterocycles. The third-order valence-corrected chi connectivity index (χ3v) is 3.87. The molecule has 6 nitrogen and oxygen atoms in total. The summed E-state index contributed by atoms with van der Waals surface area (Å²) in [6, 6.07) is 5.27. The van der Waals surface area contributed by atoms with Crippen LogP contribution in [0.3, 0.4) is 0 Å². The summed E-state index contributed by atoms with van der Waals surface area (Å²) in [4.78, 5) is 15.1. The van der Waals surface area contributed by atoms with Crippen LogP contribution in [0.25, 0.3) is 11.3 Å². The first kappa shape index (κ1) is 17.0. The van der Waals surface area contributed by atoms with Gasteiger partial charge in [0.05, 0.1) is 11.6 Å². The molecule has 1 N–H and O–H groups in total. The molecule has 2 aromatic rings. The van der Waals surface area contributed by atoms with Crippen molar-refractivity contribution in [2.45, 2.75) is 25.6 Å². The van der Waals surface area contributed by atoms with E-state index in [0.717, 1.165) is 5.57 Å². The zero-order valence-corrected chi connectivity index (χ0v) is 12.9. The molecule has 1 unspecified atom stereocenters. The van der Waals surface area contributed by atoms with Gasteiger partial charge >= 0.3 is 12.3 Å². The number of aromatic nitrogens is 3. The first-order valence-corrected chi connectivity index (χ1v) is 7.52. The fraction of sp³-hybridized carbons (Fsp3) is 0.312. The molecule has 1 aliphatic carbocycles. The number of hydrogen-bond acceptors (Lipinski definition) is 4. The first-order valence-electron chi connectivity index (χ1n) is 7.52. The monoisotopic (exact) mass is 353 g/mol. The highest BCUT2D eigenvalue weighted by atomic mass is 19.4. The van der Waals surface area contributed by atoms with E-state index in [0.29, 0.717) is 30.8 Å². The molecule has 132 valence electrons. The van der Waals surface area contributed by atoms with Crippen molar-refractivity contribution in [3.63, 3.8) is 0 Å². The number of nitrogens with zero attached hydrogens (tertiary/aromatic N) is 3. The average molecular weight is 353 g/mol. The highest BCUT2D eigenvalue weighted by molar-refractivity contribution is 5.72. The van der Waals surface area contributed by atoms with Gasteiger partial charge in [-0.15, -0.1) is 18.3 Å². The largest absolute Gasteiger partial charge is 0.573 e. The molecule has 1 aliphatic rings. The second kappa shape index (κ2) is 6.58. The summed E-state index contributed by atoms with van der Waals surface area (Å²) in [5, 5.41) is 13.3. The molecule has 0 fully saturated rings. The number of carbonyl (C=O) groups is 1. The minimum Gasteiger partial charge on any atom is -0.481 e. The fourth-order valence-electron chi connectivity index (χ4n) is 2.60. The molecule has 25 heavy (non-hydrogen) atoms. The number of aliphatic carboxylic acids is 1. The summed E-state index contributed by atoms with van der Waals surface area (Å²) in [7, 11) is 0. The molecule has 0 spiro atoms. The number of benzene rings is 1.